The fourth-order valence-corrected chi connectivity index (χ4v) is 3.69. The predicted molar refractivity (Wildman–Crippen MR) is 60.0 cm³/mol. The van der Waals surface area contributed by atoms with Crippen LogP contribution >= 0.6 is 0 Å². The molecule has 0 fully saturated rings. The van der Waals surface area contributed by atoms with E-state index in [9.17, 15) is 78.3 Å². The molecule has 0 aromatic carbocycles. The second-order valence-corrected chi connectivity index (χ2v) is 7.97. The molecule has 0 saturated carbocycles. The molecule has 0 heterocycles. The van der Waals surface area contributed by atoms with Gasteiger partial charge in [-0.05, 0) is 0 Å². The van der Waals surface area contributed by atoms with Crippen molar-refractivity contribution in [1.29, 1.82) is 0 Å². The number of sulfonamides is 2. The molecule has 0 rings (SSSR count). The van der Waals surface area contributed by atoms with Gasteiger partial charge in [0.2, 0.25) is 0 Å². The summed E-state index contributed by atoms with van der Waals surface area (Å²) in [5, 5.41) is -15.1. The summed E-state index contributed by atoms with van der Waals surface area (Å²) in [6.07, 6.45) is -14.8. The Bertz CT molecular complexity index is 782. The molecule has 0 spiro atoms. The van der Waals surface area contributed by atoms with Crippen LogP contribution in [0.15, 0.2) is 0 Å². The average Bonchev–Trinajstić information content (AvgIpc) is 2.33. The van der Waals surface area contributed by atoms with Gasteiger partial charge in [0, 0.05) is 0 Å². The van der Waals surface area contributed by atoms with Gasteiger partial charge in [0.05, 0.1) is 0 Å². The normalized spacial score (nSPS) is 15.9. The minimum absolute atomic E-state index is 0. The summed E-state index contributed by atoms with van der Waals surface area (Å²) in [4.78, 5) is 0. The number of halogens is 14. The Balaban J connectivity index is 0. The minimum atomic E-state index is -8.24. The monoisotopic (exact) mass is 489 g/mol. The molecule has 28 heavy (non-hydrogen) atoms. The summed E-state index contributed by atoms with van der Waals surface area (Å²) < 4.78 is 214. The SMILES string of the molecule is O=S(=O)(NS(=O)(=O)C(F)(F)C(F)(F)C(F)(F)C(F)(F)F)C(F)(F)C(F)(F)F.[LiH]. The maximum atomic E-state index is 13.0. The number of alkyl halides is 14. The molecule has 5 nitrogen and oxygen atoms in total. The maximum absolute atomic E-state index is 13.0. The van der Waals surface area contributed by atoms with Gasteiger partial charge in [-0.2, -0.15) is 61.5 Å². The molecule has 0 aromatic rings. The van der Waals surface area contributed by atoms with Crippen molar-refractivity contribution in [2.24, 2.45) is 0 Å². The molecule has 22 heteroatoms. The van der Waals surface area contributed by atoms with Crippen LogP contribution < -0.4 is 4.13 Å². The van der Waals surface area contributed by atoms with E-state index >= 15 is 0 Å². The first-order valence-corrected chi connectivity index (χ1v) is 8.10. The Labute approximate surface area is 156 Å². The number of hydrogen-bond acceptors (Lipinski definition) is 4. The zero-order chi connectivity index (χ0) is 22.7. The van der Waals surface area contributed by atoms with Crippen molar-refractivity contribution in [3.8, 4) is 0 Å². The third-order valence-electron chi connectivity index (χ3n) is 2.34. The Morgan fingerprint density at radius 3 is 1.00 bits per heavy atom. The van der Waals surface area contributed by atoms with Crippen molar-refractivity contribution in [3.05, 3.63) is 0 Å². The van der Waals surface area contributed by atoms with Crippen LogP contribution in [0.5, 0.6) is 0 Å². The van der Waals surface area contributed by atoms with E-state index in [1.807, 2.05) is 0 Å². The molecule has 0 saturated heterocycles. The van der Waals surface area contributed by atoms with E-state index in [4.69, 9.17) is 0 Å². The fraction of sp³-hybridized carbons (Fsp3) is 1.00. The quantitative estimate of drug-likeness (QED) is 0.459. The molecule has 0 aliphatic rings. The summed E-state index contributed by atoms with van der Waals surface area (Å²) in [5.74, 6) is -15.9. The van der Waals surface area contributed by atoms with Crippen LogP contribution in [0, 0.1) is 0 Å². The predicted octanol–water partition coefficient (Wildman–Crippen LogP) is 2.17. The van der Waals surface area contributed by atoms with Crippen LogP contribution in [0.25, 0.3) is 0 Å². The van der Waals surface area contributed by atoms with Gasteiger partial charge in [0.1, 0.15) is 0 Å². The zero-order valence-electron chi connectivity index (χ0n) is 11.2. The van der Waals surface area contributed by atoms with Gasteiger partial charge in [0.15, 0.2) is 0 Å². The van der Waals surface area contributed by atoms with Gasteiger partial charge in [-0.15, -0.1) is 0 Å². The van der Waals surface area contributed by atoms with Crippen molar-refractivity contribution < 1.29 is 78.3 Å². The van der Waals surface area contributed by atoms with Gasteiger partial charge >= 0.3 is 53.6 Å². The van der Waals surface area contributed by atoms with Crippen LogP contribution in [-0.4, -0.2) is 70.4 Å². The van der Waals surface area contributed by atoms with E-state index in [2.05, 4.69) is 0 Å². The third-order valence-corrected chi connectivity index (χ3v) is 5.93. The Hall–Kier alpha value is -0.523. The van der Waals surface area contributed by atoms with E-state index in [1.165, 1.54) is 0 Å². The molecular weight excluding hydrogens is 487 g/mol. The van der Waals surface area contributed by atoms with E-state index in [0.29, 0.717) is 0 Å². The van der Waals surface area contributed by atoms with E-state index in [1.54, 1.807) is 0 Å². The molecule has 1 N–H and O–H groups in total. The molecule has 0 aliphatic carbocycles. The average molecular weight is 489 g/mol. The Morgan fingerprint density at radius 2 is 0.750 bits per heavy atom. The van der Waals surface area contributed by atoms with Crippen molar-refractivity contribution in [2.45, 2.75) is 34.7 Å². The number of nitrogens with one attached hydrogen (secondary N) is 1. The Kier molecular flexibility index (Phi) is 7.75. The summed E-state index contributed by atoms with van der Waals surface area (Å²) in [7, 11) is -16.2. The summed E-state index contributed by atoms with van der Waals surface area (Å²) in [6, 6.07) is 0. The molecule has 0 unspecified atom stereocenters. The number of rotatable bonds is 6. The number of hydrogen-bond donors (Lipinski definition) is 1. The van der Waals surface area contributed by atoms with Gasteiger partial charge < -0.3 is 0 Å². The zero-order valence-corrected chi connectivity index (χ0v) is 12.9. The van der Waals surface area contributed by atoms with Crippen molar-refractivity contribution in [3.63, 3.8) is 0 Å². The van der Waals surface area contributed by atoms with Crippen LogP contribution in [0.3, 0.4) is 0 Å². The molecular formula is C6H2F14LiNO4S2. The van der Waals surface area contributed by atoms with Gasteiger partial charge in [0.25, 0.3) is 20.0 Å². The second kappa shape index (κ2) is 7.31. The van der Waals surface area contributed by atoms with Crippen LogP contribution in [0.4, 0.5) is 61.5 Å². The molecule has 0 radical (unpaired) electrons. The third kappa shape index (κ3) is 4.32. The van der Waals surface area contributed by atoms with E-state index in [0.717, 1.165) is 0 Å². The first-order valence-electron chi connectivity index (χ1n) is 5.13. The summed E-state index contributed by atoms with van der Waals surface area (Å²) >= 11 is 0. The van der Waals surface area contributed by atoms with Gasteiger partial charge in [-0.25, -0.2) is 16.8 Å². The van der Waals surface area contributed by atoms with Crippen LogP contribution in [0.2, 0.25) is 0 Å². The van der Waals surface area contributed by atoms with Crippen molar-refractivity contribution in [2.75, 3.05) is 0 Å². The van der Waals surface area contributed by atoms with Crippen LogP contribution in [-0.2, 0) is 20.0 Å². The second-order valence-electron chi connectivity index (χ2n) is 4.27. The van der Waals surface area contributed by atoms with Gasteiger partial charge in [-0.1, -0.05) is 4.13 Å². The molecule has 0 bridgehead atoms. The first-order chi connectivity index (χ1) is 11.2. The van der Waals surface area contributed by atoms with Crippen molar-refractivity contribution in [1.82, 2.24) is 4.13 Å². The fourth-order valence-electron chi connectivity index (χ4n) is 0.931. The molecule has 166 valence electrons. The van der Waals surface area contributed by atoms with Gasteiger partial charge in [-0.3, -0.25) is 0 Å². The summed E-state index contributed by atoms with van der Waals surface area (Å²) in [6.45, 7) is 0. The molecule has 0 aromatic heterocycles. The molecule has 0 atom stereocenters. The summed E-state index contributed by atoms with van der Waals surface area (Å²) in [5.41, 5.74) is 0. The molecule has 0 amide bonds. The van der Waals surface area contributed by atoms with Crippen LogP contribution in [0.1, 0.15) is 0 Å². The van der Waals surface area contributed by atoms with E-state index in [-0.39, 0.29) is 18.9 Å². The standard InChI is InChI=1S/C6HF14NO4S2.Li.H/c7-1(8,3(11,12)13)2(9,10)5(17,18)26(22,23)21-27(24,25)6(19,20)4(14,15)16;;/h21H;;. The Morgan fingerprint density at radius 1 is 0.464 bits per heavy atom. The topological polar surface area (TPSA) is 80.3 Å². The van der Waals surface area contributed by atoms with E-state index < -0.39 is 58.9 Å². The van der Waals surface area contributed by atoms with Crippen molar-refractivity contribution >= 4 is 38.9 Å². The molecule has 0 aliphatic heterocycles. The first kappa shape index (κ1) is 29.7.